The van der Waals surface area contributed by atoms with Gasteiger partial charge in [-0.05, 0) is 30.3 Å². The third kappa shape index (κ3) is 3.03. The number of H-pyrrole nitrogens is 1. The predicted octanol–water partition coefficient (Wildman–Crippen LogP) is 5.18. The number of aromatic nitrogens is 3. The number of benzene rings is 2. The number of aromatic amines is 1. The second-order valence-electron chi connectivity index (χ2n) is 5.56. The van der Waals surface area contributed by atoms with E-state index in [1.54, 1.807) is 54.7 Å². The van der Waals surface area contributed by atoms with Crippen molar-refractivity contribution in [1.29, 1.82) is 0 Å². The number of carbonyl (C=O) groups excluding carboxylic acids is 1. The van der Waals surface area contributed by atoms with E-state index in [0.29, 0.717) is 43.8 Å². The summed E-state index contributed by atoms with van der Waals surface area (Å²) < 4.78 is 0. The summed E-state index contributed by atoms with van der Waals surface area (Å²) in [6.07, 6.45) is 1.59. The van der Waals surface area contributed by atoms with E-state index >= 15 is 0 Å². The summed E-state index contributed by atoms with van der Waals surface area (Å²) in [5.74, 6) is 0.648. The van der Waals surface area contributed by atoms with Crippen LogP contribution in [0, 0.1) is 0 Å². The van der Waals surface area contributed by atoms with Gasteiger partial charge >= 0.3 is 0 Å². The van der Waals surface area contributed by atoms with Crippen LogP contribution in [0.1, 0.15) is 10.4 Å². The highest BCUT2D eigenvalue weighted by atomic mass is 35.5. The smallest absolute Gasteiger partial charge is 0.256 e. The highest BCUT2D eigenvalue weighted by molar-refractivity contribution is 6.39. The highest BCUT2D eigenvalue weighted by Gasteiger charge is 2.16. The molecule has 0 fully saturated rings. The van der Waals surface area contributed by atoms with Gasteiger partial charge < -0.3 is 10.3 Å². The molecule has 7 heteroatoms. The van der Waals surface area contributed by atoms with Crippen LogP contribution in [0.5, 0.6) is 0 Å². The number of fused-ring (bicyclic) bond motifs is 1. The van der Waals surface area contributed by atoms with Gasteiger partial charge in [0.05, 0.1) is 21.1 Å². The molecular weight excluding hydrogens is 371 g/mol. The predicted molar refractivity (Wildman–Crippen MR) is 104 cm³/mol. The topological polar surface area (TPSA) is 70.7 Å². The van der Waals surface area contributed by atoms with Crippen molar-refractivity contribution >= 4 is 46.0 Å². The van der Waals surface area contributed by atoms with Crippen LogP contribution in [0.2, 0.25) is 10.0 Å². The van der Waals surface area contributed by atoms with E-state index < -0.39 is 0 Å². The van der Waals surface area contributed by atoms with Gasteiger partial charge in [-0.1, -0.05) is 47.5 Å². The van der Waals surface area contributed by atoms with Crippen molar-refractivity contribution < 1.29 is 4.79 Å². The van der Waals surface area contributed by atoms with Crippen LogP contribution < -0.4 is 5.32 Å². The van der Waals surface area contributed by atoms with Gasteiger partial charge in [0.25, 0.3) is 5.91 Å². The summed E-state index contributed by atoms with van der Waals surface area (Å²) in [4.78, 5) is 24.4. The van der Waals surface area contributed by atoms with Crippen LogP contribution in [0.15, 0.2) is 60.8 Å². The van der Waals surface area contributed by atoms with Crippen molar-refractivity contribution in [2.45, 2.75) is 0 Å². The molecule has 2 heterocycles. The summed E-state index contributed by atoms with van der Waals surface area (Å²) in [5.41, 5.74) is 2.39. The zero-order chi connectivity index (χ0) is 18.1. The number of anilines is 1. The van der Waals surface area contributed by atoms with Crippen molar-refractivity contribution in [1.82, 2.24) is 15.0 Å². The molecule has 2 aromatic carbocycles. The van der Waals surface area contributed by atoms with Crippen LogP contribution in [0.3, 0.4) is 0 Å². The first-order valence-electron chi connectivity index (χ1n) is 7.79. The Morgan fingerprint density at radius 1 is 0.962 bits per heavy atom. The molecule has 2 aromatic heterocycles. The Morgan fingerprint density at radius 2 is 1.69 bits per heavy atom. The van der Waals surface area contributed by atoms with E-state index in [0.717, 1.165) is 0 Å². The van der Waals surface area contributed by atoms with E-state index in [-0.39, 0.29) is 5.91 Å². The molecule has 0 unspecified atom stereocenters. The lowest BCUT2D eigenvalue weighted by Gasteiger charge is -2.05. The first kappa shape index (κ1) is 16.6. The first-order valence-corrected chi connectivity index (χ1v) is 8.54. The van der Waals surface area contributed by atoms with Crippen LogP contribution in [0.4, 0.5) is 5.82 Å². The molecule has 0 aliphatic heterocycles. The number of amides is 1. The van der Waals surface area contributed by atoms with Gasteiger partial charge in [-0.15, -0.1) is 0 Å². The van der Waals surface area contributed by atoms with Crippen LogP contribution >= 0.6 is 23.2 Å². The maximum Gasteiger partial charge on any atom is 0.256 e. The molecule has 4 rings (SSSR count). The van der Waals surface area contributed by atoms with E-state index in [2.05, 4.69) is 20.3 Å². The summed E-state index contributed by atoms with van der Waals surface area (Å²) in [7, 11) is 0. The maximum absolute atomic E-state index is 12.4. The number of pyridine rings is 1. The molecule has 2 N–H and O–H groups in total. The third-order valence-corrected chi connectivity index (χ3v) is 4.50. The minimum Gasteiger partial charge on any atom is -0.335 e. The molecule has 0 radical (unpaired) electrons. The molecule has 5 nitrogen and oxygen atoms in total. The number of rotatable bonds is 3. The zero-order valence-electron chi connectivity index (χ0n) is 13.3. The van der Waals surface area contributed by atoms with Gasteiger partial charge in [-0.2, -0.15) is 0 Å². The lowest BCUT2D eigenvalue weighted by molar-refractivity contribution is 0.102. The van der Waals surface area contributed by atoms with E-state index in [4.69, 9.17) is 23.2 Å². The molecule has 0 saturated carbocycles. The summed E-state index contributed by atoms with van der Waals surface area (Å²) >= 11 is 12.5. The molecule has 0 saturated heterocycles. The number of carbonyl (C=O) groups is 1. The fraction of sp³-hybridized carbons (Fsp3) is 0. The van der Waals surface area contributed by atoms with Gasteiger partial charge in [0.1, 0.15) is 11.3 Å². The number of nitrogens with zero attached hydrogens (tertiary/aromatic N) is 2. The molecule has 26 heavy (non-hydrogen) atoms. The van der Waals surface area contributed by atoms with Crippen LogP contribution in [-0.4, -0.2) is 20.9 Å². The lowest BCUT2D eigenvalue weighted by Crippen LogP contribution is -2.13. The average Bonchev–Trinajstić information content (AvgIpc) is 3.07. The molecule has 1 amide bonds. The monoisotopic (exact) mass is 382 g/mol. The molecule has 0 aliphatic carbocycles. The van der Waals surface area contributed by atoms with Gasteiger partial charge in [0.2, 0.25) is 0 Å². The SMILES string of the molecule is O=C(Nc1nccc2nc(-c3c(Cl)cccc3Cl)[nH]c12)c1ccccc1. The van der Waals surface area contributed by atoms with Crippen LogP contribution in [-0.2, 0) is 0 Å². The van der Waals surface area contributed by atoms with Crippen molar-refractivity contribution in [3.8, 4) is 11.4 Å². The fourth-order valence-corrected chi connectivity index (χ4v) is 3.22. The number of halogens is 2. The highest BCUT2D eigenvalue weighted by Crippen LogP contribution is 2.34. The Labute approximate surface area is 159 Å². The molecule has 128 valence electrons. The number of hydrogen-bond donors (Lipinski definition) is 2. The Kier molecular flexibility index (Phi) is 4.32. The standard InChI is InChI=1S/C19H12Cl2N4O/c20-12-7-4-8-13(21)15(12)17-23-14-9-10-22-18(16(14)24-17)25-19(26)11-5-2-1-3-6-11/h1-10H,(H,23,24)(H,22,25,26). The Hall–Kier alpha value is -2.89. The Bertz CT molecular complexity index is 1090. The van der Waals surface area contributed by atoms with Gasteiger partial charge in [0.15, 0.2) is 5.82 Å². The molecule has 0 atom stereocenters. The Morgan fingerprint density at radius 3 is 2.42 bits per heavy atom. The molecule has 0 aliphatic rings. The number of nitrogens with one attached hydrogen (secondary N) is 2. The Balaban J connectivity index is 1.76. The van der Waals surface area contributed by atoms with Crippen LogP contribution in [0.25, 0.3) is 22.4 Å². The van der Waals surface area contributed by atoms with E-state index in [9.17, 15) is 4.79 Å². The van der Waals surface area contributed by atoms with E-state index in [1.165, 1.54) is 0 Å². The molecular formula is C19H12Cl2N4O. The first-order chi connectivity index (χ1) is 12.6. The maximum atomic E-state index is 12.4. The number of imidazole rings is 1. The summed E-state index contributed by atoms with van der Waals surface area (Å²) in [5, 5.41) is 3.78. The lowest BCUT2D eigenvalue weighted by atomic mass is 10.2. The van der Waals surface area contributed by atoms with Crippen molar-refractivity contribution in [2.75, 3.05) is 5.32 Å². The molecule has 0 spiro atoms. The normalized spacial score (nSPS) is 10.8. The second kappa shape index (κ2) is 6.78. The van der Waals surface area contributed by atoms with Crippen molar-refractivity contribution in [3.05, 3.63) is 76.4 Å². The van der Waals surface area contributed by atoms with Crippen molar-refractivity contribution in [3.63, 3.8) is 0 Å². The third-order valence-electron chi connectivity index (χ3n) is 3.87. The number of hydrogen-bond acceptors (Lipinski definition) is 3. The minimum absolute atomic E-state index is 0.252. The largest absolute Gasteiger partial charge is 0.335 e. The molecule has 0 bridgehead atoms. The quantitative estimate of drug-likeness (QED) is 0.512. The van der Waals surface area contributed by atoms with E-state index in [1.807, 2.05) is 6.07 Å². The van der Waals surface area contributed by atoms with Gasteiger partial charge in [0, 0.05) is 11.8 Å². The molecule has 4 aromatic rings. The minimum atomic E-state index is -0.252. The van der Waals surface area contributed by atoms with Crippen molar-refractivity contribution in [2.24, 2.45) is 0 Å². The summed E-state index contributed by atoms with van der Waals surface area (Å²) in [6, 6.07) is 15.9. The fourth-order valence-electron chi connectivity index (χ4n) is 2.64. The second-order valence-corrected chi connectivity index (χ2v) is 6.37. The average molecular weight is 383 g/mol. The zero-order valence-corrected chi connectivity index (χ0v) is 14.8. The summed E-state index contributed by atoms with van der Waals surface area (Å²) in [6.45, 7) is 0. The van der Waals surface area contributed by atoms with Gasteiger partial charge in [-0.3, -0.25) is 4.79 Å². The van der Waals surface area contributed by atoms with Gasteiger partial charge in [-0.25, -0.2) is 9.97 Å².